The highest BCUT2D eigenvalue weighted by molar-refractivity contribution is 7.12. The van der Waals surface area contributed by atoms with Crippen LogP contribution in [0.4, 0.5) is 0 Å². The van der Waals surface area contributed by atoms with Crippen molar-refractivity contribution in [1.29, 1.82) is 0 Å². The Kier molecular flexibility index (Phi) is 4.29. The molecular weight excluding hydrogens is 212 g/mol. The topological polar surface area (TPSA) is 46.5 Å². The van der Waals surface area contributed by atoms with Crippen molar-refractivity contribution >= 4 is 17.3 Å². The highest BCUT2D eigenvalue weighted by atomic mass is 32.1. The van der Waals surface area contributed by atoms with E-state index in [1.807, 2.05) is 6.92 Å². The molecule has 0 spiro atoms. The van der Waals surface area contributed by atoms with Crippen LogP contribution < -0.4 is 0 Å². The van der Waals surface area contributed by atoms with Gasteiger partial charge in [-0.05, 0) is 24.3 Å². The molecule has 15 heavy (non-hydrogen) atoms. The zero-order valence-electron chi connectivity index (χ0n) is 9.19. The fraction of sp³-hybridized carbons (Fsp3) is 0.545. The van der Waals surface area contributed by atoms with Gasteiger partial charge in [-0.3, -0.25) is 0 Å². The highest BCUT2D eigenvalue weighted by Crippen LogP contribution is 2.19. The Morgan fingerprint density at radius 2 is 2.20 bits per heavy atom. The molecule has 0 saturated carbocycles. The number of thiophene rings is 1. The van der Waals surface area contributed by atoms with Gasteiger partial charge in [0.25, 0.3) is 0 Å². The molecule has 0 aliphatic carbocycles. The molecule has 1 rings (SSSR count). The van der Waals surface area contributed by atoms with Crippen LogP contribution in [0.2, 0.25) is 0 Å². The molecule has 1 atom stereocenters. The van der Waals surface area contributed by atoms with Crippen molar-refractivity contribution in [2.45, 2.75) is 33.5 Å². The third-order valence-corrected chi connectivity index (χ3v) is 3.33. The van der Waals surface area contributed by atoms with E-state index in [-0.39, 0.29) is 6.10 Å². The Morgan fingerprint density at radius 3 is 2.73 bits per heavy atom. The summed E-state index contributed by atoms with van der Waals surface area (Å²) in [5.74, 6) is -0.433. The zero-order chi connectivity index (χ0) is 11.4. The summed E-state index contributed by atoms with van der Waals surface area (Å²) in [6.07, 6.45) is 0.145. The Balaban J connectivity index is 2.58. The molecule has 0 fully saturated rings. The molecule has 1 aromatic rings. The minimum atomic E-state index is -0.874. The molecule has 1 aromatic heterocycles. The minimum absolute atomic E-state index is 0.145. The molecule has 4 heteroatoms. The summed E-state index contributed by atoms with van der Waals surface area (Å²) < 4.78 is 5.58. The van der Waals surface area contributed by atoms with Gasteiger partial charge in [0, 0.05) is 5.56 Å². The fourth-order valence-electron chi connectivity index (χ4n) is 1.05. The van der Waals surface area contributed by atoms with Gasteiger partial charge in [-0.15, -0.1) is 11.3 Å². The molecule has 0 saturated heterocycles. The first-order chi connectivity index (χ1) is 7.02. The van der Waals surface area contributed by atoms with Crippen molar-refractivity contribution in [3.63, 3.8) is 0 Å². The number of rotatable bonds is 5. The molecule has 0 aromatic carbocycles. The van der Waals surface area contributed by atoms with Crippen molar-refractivity contribution in [2.75, 3.05) is 0 Å². The van der Waals surface area contributed by atoms with Gasteiger partial charge in [0.1, 0.15) is 4.88 Å². The van der Waals surface area contributed by atoms with Crippen LogP contribution in [0.1, 0.15) is 36.0 Å². The Morgan fingerprint density at radius 1 is 1.53 bits per heavy atom. The van der Waals surface area contributed by atoms with E-state index in [1.165, 1.54) is 11.3 Å². The van der Waals surface area contributed by atoms with Crippen molar-refractivity contribution in [3.05, 3.63) is 21.9 Å². The van der Waals surface area contributed by atoms with Gasteiger partial charge >= 0.3 is 5.97 Å². The van der Waals surface area contributed by atoms with E-state index in [4.69, 9.17) is 9.84 Å². The predicted molar refractivity (Wildman–Crippen MR) is 60.4 cm³/mol. The highest BCUT2D eigenvalue weighted by Gasteiger charge is 2.13. The quantitative estimate of drug-likeness (QED) is 0.842. The number of carboxylic acids is 1. The van der Waals surface area contributed by atoms with E-state index in [1.54, 1.807) is 11.4 Å². The van der Waals surface area contributed by atoms with Crippen molar-refractivity contribution < 1.29 is 14.6 Å². The lowest BCUT2D eigenvalue weighted by Gasteiger charge is -2.16. The van der Waals surface area contributed by atoms with Gasteiger partial charge in [-0.25, -0.2) is 4.79 Å². The van der Waals surface area contributed by atoms with Gasteiger partial charge < -0.3 is 9.84 Å². The molecule has 0 bridgehead atoms. The number of ether oxygens (including phenoxy) is 1. The van der Waals surface area contributed by atoms with Crippen LogP contribution >= 0.6 is 11.3 Å². The molecule has 1 heterocycles. The number of hydrogen-bond donors (Lipinski definition) is 1. The normalized spacial score (nSPS) is 13.1. The van der Waals surface area contributed by atoms with Crippen LogP contribution in [0.15, 0.2) is 11.4 Å². The summed E-state index contributed by atoms with van der Waals surface area (Å²) in [4.78, 5) is 11.2. The first kappa shape index (κ1) is 12.2. The average Bonchev–Trinajstić information content (AvgIpc) is 2.61. The van der Waals surface area contributed by atoms with Crippen LogP contribution in [-0.2, 0) is 11.3 Å². The van der Waals surface area contributed by atoms with Crippen molar-refractivity contribution in [1.82, 2.24) is 0 Å². The van der Waals surface area contributed by atoms with Crippen LogP contribution in [0.5, 0.6) is 0 Å². The summed E-state index contributed by atoms with van der Waals surface area (Å²) in [5.41, 5.74) is 0.764. The summed E-state index contributed by atoms with van der Waals surface area (Å²) in [6.45, 7) is 6.54. The minimum Gasteiger partial charge on any atom is -0.477 e. The molecule has 3 nitrogen and oxygen atoms in total. The summed E-state index contributed by atoms with van der Waals surface area (Å²) in [5, 5.41) is 10.7. The number of aromatic carboxylic acids is 1. The maximum absolute atomic E-state index is 10.8. The number of carbonyl (C=O) groups is 1. The molecular formula is C11H16O3S. The molecule has 84 valence electrons. The lowest BCUT2D eigenvalue weighted by Crippen LogP contribution is -2.15. The Bertz CT molecular complexity index is 330. The zero-order valence-corrected chi connectivity index (χ0v) is 10.0. The van der Waals surface area contributed by atoms with Crippen molar-refractivity contribution in [2.24, 2.45) is 5.92 Å². The van der Waals surface area contributed by atoms with E-state index in [0.717, 1.165) is 5.56 Å². The van der Waals surface area contributed by atoms with E-state index in [0.29, 0.717) is 17.4 Å². The van der Waals surface area contributed by atoms with Gasteiger partial charge in [-0.1, -0.05) is 13.8 Å². The first-order valence-corrected chi connectivity index (χ1v) is 5.81. The lowest BCUT2D eigenvalue weighted by molar-refractivity contribution is 0.0229. The second-order valence-corrected chi connectivity index (χ2v) is 4.76. The number of carboxylic acid groups (broad SMARTS) is 1. The molecule has 1 unspecified atom stereocenters. The summed E-state index contributed by atoms with van der Waals surface area (Å²) in [7, 11) is 0. The molecule has 0 amide bonds. The fourth-order valence-corrected chi connectivity index (χ4v) is 1.80. The number of hydrogen-bond acceptors (Lipinski definition) is 3. The summed E-state index contributed by atoms with van der Waals surface area (Å²) in [6, 6.07) is 1.81. The molecule has 0 radical (unpaired) electrons. The van der Waals surface area contributed by atoms with Crippen LogP contribution in [-0.4, -0.2) is 17.2 Å². The van der Waals surface area contributed by atoms with E-state index in [9.17, 15) is 4.79 Å². The predicted octanol–water partition coefficient (Wildman–Crippen LogP) is 3.01. The van der Waals surface area contributed by atoms with Gasteiger partial charge in [0.05, 0.1) is 12.7 Å². The molecule has 1 N–H and O–H groups in total. The monoisotopic (exact) mass is 228 g/mol. The Labute approximate surface area is 93.7 Å². The maximum Gasteiger partial charge on any atom is 0.346 e. The van der Waals surface area contributed by atoms with E-state index < -0.39 is 5.97 Å². The lowest BCUT2D eigenvalue weighted by atomic mass is 10.1. The smallest absolute Gasteiger partial charge is 0.346 e. The molecule has 0 aliphatic rings. The Hall–Kier alpha value is -0.870. The second kappa shape index (κ2) is 5.28. The van der Waals surface area contributed by atoms with Crippen LogP contribution in [0, 0.1) is 5.92 Å². The maximum atomic E-state index is 10.8. The standard InChI is InChI=1S/C11H16O3S/c1-7(2)8(3)14-6-9-4-5-15-10(9)11(12)13/h4-5,7-8H,6H2,1-3H3,(H,12,13). The van der Waals surface area contributed by atoms with Crippen molar-refractivity contribution in [3.8, 4) is 0 Å². The summed E-state index contributed by atoms with van der Waals surface area (Å²) >= 11 is 1.24. The van der Waals surface area contributed by atoms with Gasteiger partial charge in [0.2, 0.25) is 0 Å². The van der Waals surface area contributed by atoms with Gasteiger partial charge in [-0.2, -0.15) is 0 Å². The van der Waals surface area contributed by atoms with Crippen LogP contribution in [0.3, 0.4) is 0 Å². The van der Waals surface area contributed by atoms with Gasteiger partial charge in [0.15, 0.2) is 0 Å². The van der Waals surface area contributed by atoms with Crippen LogP contribution in [0.25, 0.3) is 0 Å². The third kappa shape index (κ3) is 3.32. The van der Waals surface area contributed by atoms with E-state index >= 15 is 0 Å². The second-order valence-electron chi connectivity index (χ2n) is 3.84. The SMILES string of the molecule is CC(C)C(C)OCc1ccsc1C(=O)O. The third-order valence-electron chi connectivity index (χ3n) is 2.38. The van der Waals surface area contributed by atoms with E-state index in [2.05, 4.69) is 13.8 Å². The largest absolute Gasteiger partial charge is 0.477 e. The first-order valence-electron chi connectivity index (χ1n) is 4.93. The average molecular weight is 228 g/mol. The molecule has 0 aliphatic heterocycles.